The third kappa shape index (κ3) is 3.70. The van der Waals surface area contributed by atoms with Crippen molar-refractivity contribution < 1.29 is 18.3 Å². The molecule has 1 aromatic rings. The fourth-order valence-corrected chi connectivity index (χ4v) is 4.63. The highest BCUT2D eigenvalue weighted by atomic mass is 79.9. The van der Waals surface area contributed by atoms with Gasteiger partial charge in [-0.2, -0.15) is 0 Å². The molecule has 2 unspecified atom stereocenters. The first-order valence-corrected chi connectivity index (χ1v) is 8.73. The fraction of sp³-hybridized carbons (Fsp3) is 0.538. The maximum absolute atomic E-state index is 11.4. The Balaban J connectivity index is 2.09. The van der Waals surface area contributed by atoms with Gasteiger partial charge >= 0.3 is 0 Å². The van der Waals surface area contributed by atoms with Crippen LogP contribution in [0.3, 0.4) is 0 Å². The number of aliphatic hydroxyl groups excluding tert-OH is 1. The molecule has 1 saturated heterocycles. The maximum Gasteiger partial charge on any atom is 0.150 e. The van der Waals surface area contributed by atoms with Crippen LogP contribution in [0.25, 0.3) is 0 Å². The molecule has 0 amide bonds. The Hall–Kier alpha value is -0.590. The van der Waals surface area contributed by atoms with Gasteiger partial charge in [0, 0.05) is 10.4 Å². The number of aliphatic hydroxyl groups is 1. The largest absolute Gasteiger partial charge is 0.497 e. The van der Waals surface area contributed by atoms with E-state index in [9.17, 15) is 13.5 Å². The normalized spacial score (nSPS) is 23.2. The van der Waals surface area contributed by atoms with E-state index in [1.54, 1.807) is 7.11 Å². The van der Waals surface area contributed by atoms with E-state index < -0.39 is 15.9 Å². The molecule has 1 N–H and O–H groups in total. The second-order valence-electron chi connectivity index (χ2n) is 4.89. The molecule has 0 bridgehead atoms. The molecule has 1 aliphatic heterocycles. The molecule has 19 heavy (non-hydrogen) atoms. The number of rotatable bonds is 4. The molecule has 1 fully saturated rings. The van der Waals surface area contributed by atoms with Crippen LogP contribution in [0, 0.1) is 5.92 Å². The zero-order chi connectivity index (χ0) is 14.0. The van der Waals surface area contributed by atoms with Crippen LogP contribution in [0.5, 0.6) is 5.75 Å². The Morgan fingerprint density at radius 1 is 1.53 bits per heavy atom. The Kier molecular flexibility index (Phi) is 4.53. The number of halogens is 1. The summed E-state index contributed by atoms with van der Waals surface area (Å²) in [5.74, 6) is 0.844. The lowest BCUT2D eigenvalue weighted by atomic mass is 9.95. The van der Waals surface area contributed by atoms with Crippen LogP contribution >= 0.6 is 15.9 Å². The van der Waals surface area contributed by atoms with Crippen LogP contribution in [-0.2, 0) is 16.3 Å². The van der Waals surface area contributed by atoms with E-state index in [-0.39, 0.29) is 17.4 Å². The predicted molar refractivity (Wildman–Crippen MR) is 77.2 cm³/mol. The quantitative estimate of drug-likeness (QED) is 0.900. The summed E-state index contributed by atoms with van der Waals surface area (Å²) < 4.78 is 28.9. The lowest BCUT2D eigenvalue weighted by molar-refractivity contribution is 0.120. The first-order chi connectivity index (χ1) is 8.91. The van der Waals surface area contributed by atoms with Gasteiger partial charge < -0.3 is 9.84 Å². The van der Waals surface area contributed by atoms with Crippen molar-refractivity contribution in [2.45, 2.75) is 18.9 Å². The molecule has 1 aromatic carbocycles. The molecule has 0 saturated carbocycles. The molecule has 1 heterocycles. The number of hydrogen-bond acceptors (Lipinski definition) is 4. The topological polar surface area (TPSA) is 63.6 Å². The summed E-state index contributed by atoms with van der Waals surface area (Å²) in [5, 5.41) is 10.2. The fourth-order valence-electron chi connectivity index (χ4n) is 2.35. The number of benzene rings is 1. The van der Waals surface area contributed by atoms with Crippen LogP contribution < -0.4 is 4.74 Å². The van der Waals surface area contributed by atoms with Crippen molar-refractivity contribution in [3.05, 3.63) is 28.2 Å². The van der Waals surface area contributed by atoms with Gasteiger partial charge in [-0.25, -0.2) is 8.42 Å². The molecule has 0 radical (unpaired) electrons. The van der Waals surface area contributed by atoms with Gasteiger partial charge in [0.05, 0.1) is 24.7 Å². The molecule has 0 aliphatic carbocycles. The van der Waals surface area contributed by atoms with Gasteiger partial charge in [-0.3, -0.25) is 0 Å². The lowest BCUT2D eigenvalue weighted by Crippen LogP contribution is -2.24. The van der Waals surface area contributed by atoms with Crippen LogP contribution in [0.2, 0.25) is 0 Å². The molecule has 4 nitrogen and oxygen atoms in total. The number of hydrogen-bond donors (Lipinski definition) is 1. The summed E-state index contributed by atoms with van der Waals surface area (Å²) in [6, 6.07) is 5.56. The van der Waals surface area contributed by atoms with Crippen molar-refractivity contribution in [3.63, 3.8) is 0 Å². The third-order valence-corrected chi connectivity index (χ3v) is 6.06. The summed E-state index contributed by atoms with van der Waals surface area (Å²) in [6.07, 6.45) is 0.337. The summed E-state index contributed by atoms with van der Waals surface area (Å²) in [4.78, 5) is 0. The molecule has 6 heteroatoms. The molecule has 2 atom stereocenters. The first kappa shape index (κ1) is 14.8. The Bertz CT molecular complexity index is 556. The van der Waals surface area contributed by atoms with E-state index in [1.807, 2.05) is 18.2 Å². The van der Waals surface area contributed by atoms with Gasteiger partial charge in [0.1, 0.15) is 5.75 Å². The van der Waals surface area contributed by atoms with Crippen molar-refractivity contribution >= 4 is 25.8 Å². The zero-order valence-corrected chi connectivity index (χ0v) is 13.1. The molecular weight excluding hydrogens is 332 g/mol. The smallest absolute Gasteiger partial charge is 0.150 e. The standard InChI is InChI=1S/C13H17BrO4S/c1-18-11-2-3-12(14)10(6-11)7-13(15)9-4-5-19(16,17)8-9/h2-3,6,9,13,15H,4-5,7-8H2,1H3. The highest BCUT2D eigenvalue weighted by molar-refractivity contribution is 9.10. The van der Waals surface area contributed by atoms with Gasteiger partial charge in [-0.1, -0.05) is 15.9 Å². The van der Waals surface area contributed by atoms with Crippen molar-refractivity contribution in [2.24, 2.45) is 5.92 Å². The maximum atomic E-state index is 11.4. The van der Waals surface area contributed by atoms with Gasteiger partial charge in [0.15, 0.2) is 9.84 Å². The third-order valence-electron chi connectivity index (χ3n) is 3.49. The van der Waals surface area contributed by atoms with Gasteiger partial charge in [0.25, 0.3) is 0 Å². The van der Waals surface area contributed by atoms with Crippen molar-refractivity contribution in [1.29, 1.82) is 0 Å². The van der Waals surface area contributed by atoms with Gasteiger partial charge in [-0.15, -0.1) is 0 Å². The SMILES string of the molecule is COc1ccc(Br)c(CC(O)C2CCS(=O)(=O)C2)c1. The highest BCUT2D eigenvalue weighted by Gasteiger charge is 2.33. The predicted octanol–water partition coefficient (Wildman–Crippen LogP) is 1.80. The number of methoxy groups -OCH3 is 1. The second kappa shape index (κ2) is 5.81. The van der Waals surface area contributed by atoms with E-state index >= 15 is 0 Å². The summed E-state index contributed by atoms with van der Waals surface area (Å²) >= 11 is 3.43. The highest BCUT2D eigenvalue weighted by Crippen LogP contribution is 2.28. The molecular formula is C13H17BrO4S. The molecule has 0 aromatic heterocycles. The second-order valence-corrected chi connectivity index (χ2v) is 7.97. The molecule has 106 valence electrons. The van der Waals surface area contributed by atoms with Gasteiger partial charge in [0.2, 0.25) is 0 Å². The van der Waals surface area contributed by atoms with Crippen molar-refractivity contribution in [3.8, 4) is 5.75 Å². The summed E-state index contributed by atoms with van der Waals surface area (Å²) in [7, 11) is -1.36. The summed E-state index contributed by atoms with van der Waals surface area (Å²) in [6.45, 7) is 0. The van der Waals surface area contributed by atoms with Crippen molar-refractivity contribution in [1.82, 2.24) is 0 Å². The molecule has 1 aliphatic rings. The molecule has 0 spiro atoms. The average molecular weight is 349 g/mol. The van der Waals surface area contributed by atoms with E-state index in [2.05, 4.69) is 15.9 Å². The van der Waals surface area contributed by atoms with Crippen LogP contribution in [0.1, 0.15) is 12.0 Å². The minimum Gasteiger partial charge on any atom is -0.497 e. The van der Waals surface area contributed by atoms with Crippen LogP contribution in [-0.4, -0.2) is 38.2 Å². The lowest BCUT2D eigenvalue weighted by Gasteiger charge is -2.17. The average Bonchev–Trinajstić information content (AvgIpc) is 2.72. The van der Waals surface area contributed by atoms with Gasteiger partial charge in [-0.05, 0) is 36.6 Å². The Morgan fingerprint density at radius 3 is 2.84 bits per heavy atom. The zero-order valence-electron chi connectivity index (χ0n) is 10.7. The summed E-state index contributed by atoms with van der Waals surface area (Å²) in [5.41, 5.74) is 0.927. The van der Waals surface area contributed by atoms with E-state index in [4.69, 9.17) is 4.74 Å². The first-order valence-electron chi connectivity index (χ1n) is 6.12. The van der Waals surface area contributed by atoms with E-state index in [0.717, 1.165) is 15.8 Å². The minimum absolute atomic E-state index is 0.0930. The number of sulfone groups is 1. The van der Waals surface area contributed by atoms with Crippen LogP contribution in [0.15, 0.2) is 22.7 Å². The monoisotopic (exact) mass is 348 g/mol. The van der Waals surface area contributed by atoms with E-state index in [0.29, 0.717) is 12.8 Å². The molecule has 2 rings (SSSR count). The number of ether oxygens (including phenoxy) is 1. The van der Waals surface area contributed by atoms with Crippen molar-refractivity contribution in [2.75, 3.05) is 18.6 Å². The van der Waals surface area contributed by atoms with E-state index in [1.165, 1.54) is 0 Å². The van der Waals surface area contributed by atoms with Crippen LogP contribution in [0.4, 0.5) is 0 Å². The minimum atomic E-state index is -2.95. The Morgan fingerprint density at radius 2 is 2.26 bits per heavy atom. The Labute approximate surface area is 121 Å².